The smallest absolute Gasteiger partial charge is 0.347 e. The van der Waals surface area contributed by atoms with Gasteiger partial charge in [0.05, 0.1) is 6.61 Å². The summed E-state index contributed by atoms with van der Waals surface area (Å²) in [4.78, 5) is 25.0. The fraction of sp³-hybridized carbons (Fsp3) is 0.838. The predicted octanol–water partition coefficient (Wildman–Crippen LogP) is 9.70. The van der Waals surface area contributed by atoms with Crippen LogP contribution in [0.2, 0.25) is 0 Å². The molecule has 43 heavy (non-hydrogen) atoms. The highest BCUT2D eigenvalue weighted by atomic mass is 16.6. The maximum atomic E-state index is 12.5. The van der Waals surface area contributed by atoms with E-state index in [0.717, 1.165) is 57.8 Å². The van der Waals surface area contributed by atoms with Gasteiger partial charge < -0.3 is 19.7 Å². The lowest BCUT2D eigenvalue weighted by molar-refractivity contribution is -0.170. The third-order valence-corrected chi connectivity index (χ3v) is 7.82. The summed E-state index contributed by atoms with van der Waals surface area (Å²) in [6.07, 6.45) is 34.7. The van der Waals surface area contributed by atoms with Crippen LogP contribution in [0.3, 0.4) is 0 Å². The van der Waals surface area contributed by atoms with Crippen molar-refractivity contribution in [3.05, 3.63) is 24.3 Å². The summed E-state index contributed by atoms with van der Waals surface area (Å²) >= 11 is 0. The number of carbonyl (C=O) groups excluding carboxylic acids is 2. The van der Waals surface area contributed by atoms with E-state index in [4.69, 9.17) is 14.6 Å². The zero-order valence-corrected chi connectivity index (χ0v) is 28.1. The SMILES string of the molecule is CCCCC/C=C\C/C=C\CCCCCCC(OC(=O)CCCCCCCCCCCCCCC)C(=O)OCC(O)CO. The van der Waals surface area contributed by atoms with Crippen LogP contribution in [0.25, 0.3) is 0 Å². The van der Waals surface area contributed by atoms with Crippen LogP contribution in [0.5, 0.6) is 0 Å². The molecule has 0 saturated heterocycles. The first-order chi connectivity index (χ1) is 21.0. The molecule has 252 valence electrons. The summed E-state index contributed by atoms with van der Waals surface area (Å²) in [5.74, 6) is -1.01. The van der Waals surface area contributed by atoms with Crippen molar-refractivity contribution in [2.45, 2.75) is 187 Å². The molecule has 0 bridgehead atoms. The lowest BCUT2D eigenvalue weighted by Crippen LogP contribution is -2.32. The predicted molar refractivity (Wildman–Crippen MR) is 179 cm³/mol. The van der Waals surface area contributed by atoms with Gasteiger partial charge in [0.25, 0.3) is 0 Å². The van der Waals surface area contributed by atoms with Crippen molar-refractivity contribution in [2.24, 2.45) is 0 Å². The highest BCUT2D eigenvalue weighted by Gasteiger charge is 2.24. The van der Waals surface area contributed by atoms with E-state index in [2.05, 4.69) is 38.2 Å². The number of hydrogen-bond donors (Lipinski definition) is 2. The van der Waals surface area contributed by atoms with Gasteiger partial charge in [0.15, 0.2) is 6.10 Å². The van der Waals surface area contributed by atoms with Gasteiger partial charge in [-0.3, -0.25) is 4.79 Å². The molecule has 0 aliphatic carbocycles. The van der Waals surface area contributed by atoms with Crippen LogP contribution in [0.1, 0.15) is 174 Å². The number of aliphatic hydroxyl groups excluding tert-OH is 2. The quantitative estimate of drug-likeness (QED) is 0.0449. The van der Waals surface area contributed by atoms with Gasteiger partial charge in [-0.25, -0.2) is 4.79 Å². The second kappa shape index (κ2) is 33.2. The Hall–Kier alpha value is -1.66. The van der Waals surface area contributed by atoms with Crippen LogP contribution in [0.15, 0.2) is 24.3 Å². The molecule has 0 aliphatic rings. The number of carbonyl (C=O) groups is 2. The molecule has 0 aromatic rings. The van der Waals surface area contributed by atoms with Gasteiger partial charge >= 0.3 is 11.9 Å². The first kappa shape index (κ1) is 41.3. The normalized spacial score (nSPS) is 13.1. The van der Waals surface area contributed by atoms with E-state index < -0.39 is 24.8 Å². The minimum atomic E-state index is -1.13. The molecule has 6 heteroatoms. The molecule has 0 aromatic heterocycles. The molecule has 0 aromatic carbocycles. The largest absolute Gasteiger partial charge is 0.460 e. The number of esters is 2. The van der Waals surface area contributed by atoms with Gasteiger partial charge in [0, 0.05) is 6.42 Å². The number of hydrogen-bond acceptors (Lipinski definition) is 6. The van der Waals surface area contributed by atoms with Gasteiger partial charge in [-0.05, 0) is 51.4 Å². The molecular weight excluding hydrogens is 540 g/mol. The lowest BCUT2D eigenvalue weighted by Gasteiger charge is -2.18. The molecule has 2 N–H and O–H groups in total. The molecule has 2 unspecified atom stereocenters. The average molecular weight is 609 g/mol. The standard InChI is InChI=1S/C37H68O6/c1-3-5-7-9-11-13-15-17-19-20-22-24-26-28-30-35(37(41)42-33-34(39)32-38)43-36(40)31-29-27-25-23-21-18-16-14-12-10-8-6-4-2/h11,13,17,19,34-35,38-39H,3-10,12,14-16,18,20-33H2,1-2H3/b13-11-,19-17-. The van der Waals surface area contributed by atoms with Crippen LogP contribution in [-0.2, 0) is 19.1 Å². The molecule has 0 heterocycles. The molecule has 0 rings (SSSR count). The van der Waals surface area contributed by atoms with Crippen LogP contribution in [0.4, 0.5) is 0 Å². The van der Waals surface area contributed by atoms with Crippen molar-refractivity contribution < 1.29 is 29.3 Å². The van der Waals surface area contributed by atoms with Crippen molar-refractivity contribution >= 4 is 11.9 Å². The zero-order valence-electron chi connectivity index (χ0n) is 28.1. The summed E-state index contributed by atoms with van der Waals surface area (Å²) < 4.78 is 10.6. The van der Waals surface area contributed by atoms with Crippen molar-refractivity contribution in [1.82, 2.24) is 0 Å². The maximum absolute atomic E-state index is 12.5. The van der Waals surface area contributed by atoms with E-state index in [9.17, 15) is 14.7 Å². The Kier molecular flexibility index (Phi) is 32.0. The van der Waals surface area contributed by atoms with Gasteiger partial charge in [0.1, 0.15) is 12.7 Å². The van der Waals surface area contributed by atoms with E-state index in [1.807, 2.05) is 0 Å². The van der Waals surface area contributed by atoms with Crippen LogP contribution >= 0.6 is 0 Å². The minimum absolute atomic E-state index is 0.303. The third-order valence-electron chi connectivity index (χ3n) is 7.82. The summed E-state index contributed by atoms with van der Waals surface area (Å²) in [6.45, 7) is 3.69. The molecule has 0 saturated carbocycles. The number of aliphatic hydroxyl groups is 2. The Balaban J connectivity index is 4.11. The molecule has 0 amide bonds. The van der Waals surface area contributed by atoms with Crippen LogP contribution in [0, 0.1) is 0 Å². The van der Waals surface area contributed by atoms with E-state index in [0.29, 0.717) is 12.8 Å². The second-order valence-corrected chi connectivity index (χ2v) is 12.1. The molecular formula is C37H68O6. The third kappa shape index (κ3) is 30.2. The summed E-state index contributed by atoms with van der Waals surface area (Å²) in [5, 5.41) is 18.5. The number of allylic oxidation sites excluding steroid dienone is 4. The van der Waals surface area contributed by atoms with Crippen molar-refractivity contribution in [3.63, 3.8) is 0 Å². The Morgan fingerprint density at radius 2 is 1.09 bits per heavy atom. The van der Waals surface area contributed by atoms with E-state index in [-0.39, 0.29) is 12.6 Å². The van der Waals surface area contributed by atoms with E-state index in [1.165, 1.54) is 89.9 Å². The van der Waals surface area contributed by atoms with Crippen molar-refractivity contribution in [3.8, 4) is 0 Å². The summed E-state index contributed by atoms with van der Waals surface area (Å²) in [7, 11) is 0. The number of unbranched alkanes of at least 4 members (excludes halogenated alkanes) is 19. The minimum Gasteiger partial charge on any atom is -0.460 e. The molecule has 0 aliphatic heterocycles. The maximum Gasteiger partial charge on any atom is 0.347 e. The molecule has 0 radical (unpaired) electrons. The highest BCUT2D eigenvalue weighted by molar-refractivity contribution is 5.79. The van der Waals surface area contributed by atoms with Gasteiger partial charge in [0.2, 0.25) is 0 Å². The molecule has 0 fully saturated rings. The first-order valence-corrected chi connectivity index (χ1v) is 18.0. The Bertz CT molecular complexity index is 674. The topological polar surface area (TPSA) is 93.1 Å². The second-order valence-electron chi connectivity index (χ2n) is 12.1. The summed E-state index contributed by atoms with van der Waals surface area (Å²) in [6, 6.07) is 0. The Morgan fingerprint density at radius 1 is 0.628 bits per heavy atom. The highest BCUT2D eigenvalue weighted by Crippen LogP contribution is 2.15. The van der Waals surface area contributed by atoms with Gasteiger partial charge in [-0.15, -0.1) is 0 Å². The average Bonchev–Trinajstić information content (AvgIpc) is 3.01. The van der Waals surface area contributed by atoms with Crippen molar-refractivity contribution in [2.75, 3.05) is 13.2 Å². The molecule has 6 nitrogen and oxygen atoms in total. The van der Waals surface area contributed by atoms with Crippen LogP contribution in [-0.4, -0.2) is 47.6 Å². The summed E-state index contributed by atoms with van der Waals surface area (Å²) in [5.41, 5.74) is 0. The first-order valence-electron chi connectivity index (χ1n) is 18.0. The molecule has 0 spiro atoms. The fourth-order valence-corrected chi connectivity index (χ4v) is 5.02. The van der Waals surface area contributed by atoms with E-state index in [1.54, 1.807) is 0 Å². The van der Waals surface area contributed by atoms with Crippen molar-refractivity contribution in [1.29, 1.82) is 0 Å². The number of rotatable bonds is 32. The van der Waals surface area contributed by atoms with Crippen LogP contribution < -0.4 is 0 Å². The number of ether oxygens (including phenoxy) is 2. The molecule has 2 atom stereocenters. The van der Waals surface area contributed by atoms with Gasteiger partial charge in [-0.2, -0.15) is 0 Å². The van der Waals surface area contributed by atoms with E-state index >= 15 is 0 Å². The zero-order chi connectivity index (χ0) is 31.6. The lowest BCUT2D eigenvalue weighted by atomic mass is 10.0. The fourth-order valence-electron chi connectivity index (χ4n) is 5.02. The van der Waals surface area contributed by atoms with Gasteiger partial charge in [-0.1, -0.05) is 141 Å². The Morgan fingerprint density at radius 3 is 1.65 bits per heavy atom. The monoisotopic (exact) mass is 609 g/mol. The Labute approximate surface area is 265 Å².